The minimum atomic E-state index is -0.531. The van der Waals surface area contributed by atoms with Gasteiger partial charge in [0.2, 0.25) is 5.75 Å². The molecule has 40 heavy (non-hydrogen) atoms. The van der Waals surface area contributed by atoms with E-state index >= 15 is 0 Å². The van der Waals surface area contributed by atoms with Gasteiger partial charge < -0.3 is 14.2 Å². The van der Waals surface area contributed by atoms with Crippen LogP contribution in [0.25, 0.3) is 0 Å². The highest BCUT2D eigenvalue weighted by Crippen LogP contribution is 2.38. The Morgan fingerprint density at radius 3 is 1.32 bits per heavy atom. The van der Waals surface area contributed by atoms with Gasteiger partial charge in [0.25, 0.3) is 17.1 Å². The number of para-hydroxylation sites is 3. The number of nitrogens with zero attached hydrogens (tertiary/aromatic N) is 3. The van der Waals surface area contributed by atoms with Crippen LogP contribution in [0, 0.1) is 30.3 Å². The summed E-state index contributed by atoms with van der Waals surface area (Å²) < 4.78 is 17.9. The lowest BCUT2D eigenvalue weighted by Crippen LogP contribution is -2.14. The molecule has 0 aliphatic rings. The molecule has 0 aromatic heterocycles. The number of benzene rings is 4. The van der Waals surface area contributed by atoms with E-state index in [0.717, 1.165) is 0 Å². The summed E-state index contributed by atoms with van der Waals surface area (Å²) in [6, 6.07) is 21.3. The van der Waals surface area contributed by atoms with Gasteiger partial charge in [0.05, 0.1) is 41.7 Å². The second-order valence-corrected chi connectivity index (χ2v) is 8.83. The Kier molecular flexibility index (Phi) is 8.66. The van der Waals surface area contributed by atoms with Gasteiger partial charge in [-0.25, -0.2) is 0 Å². The second-order valence-electron chi connectivity index (χ2n) is 8.29. The largest absolute Gasteiger partial charge is 0.485 e. The third kappa shape index (κ3) is 6.39. The standard InChI is InChI=1S/C27H20N3O9Si/c31-28(32)21-10-4-1-7-18(21)15-37-24-13-14-25(40)27(39-17-20-9-3-6-12-23(20)30(35)36)26(24)38-16-19-8-2-5-11-22(19)29(33)34/h1-14H,15-17H2. The Labute approximate surface area is 230 Å². The first-order valence-corrected chi connectivity index (χ1v) is 12.2. The summed E-state index contributed by atoms with van der Waals surface area (Å²) in [7, 11) is 3.46. The van der Waals surface area contributed by atoms with Crippen LogP contribution in [-0.4, -0.2) is 25.0 Å². The minimum Gasteiger partial charge on any atom is -0.485 e. The van der Waals surface area contributed by atoms with Crippen molar-refractivity contribution in [2.45, 2.75) is 19.8 Å². The summed E-state index contributed by atoms with van der Waals surface area (Å²) >= 11 is 0. The summed E-state index contributed by atoms with van der Waals surface area (Å²) in [6.07, 6.45) is 0. The molecular weight excluding hydrogens is 538 g/mol. The van der Waals surface area contributed by atoms with Crippen molar-refractivity contribution in [1.29, 1.82) is 0 Å². The minimum absolute atomic E-state index is 0.0443. The molecule has 0 N–H and O–H groups in total. The topological polar surface area (TPSA) is 157 Å². The van der Waals surface area contributed by atoms with Crippen molar-refractivity contribution >= 4 is 32.5 Å². The van der Waals surface area contributed by atoms with Crippen LogP contribution in [0.1, 0.15) is 16.7 Å². The van der Waals surface area contributed by atoms with Crippen LogP contribution in [0.4, 0.5) is 17.1 Å². The Bertz CT molecular complexity index is 1580. The molecule has 0 bridgehead atoms. The molecule has 0 aliphatic heterocycles. The zero-order valence-electron chi connectivity index (χ0n) is 20.7. The van der Waals surface area contributed by atoms with E-state index in [4.69, 9.17) is 14.2 Å². The first-order valence-electron chi connectivity index (χ1n) is 11.7. The van der Waals surface area contributed by atoms with Crippen LogP contribution >= 0.6 is 0 Å². The van der Waals surface area contributed by atoms with Crippen LogP contribution in [0.2, 0.25) is 0 Å². The monoisotopic (exact) mass is 558 g/mol. The van der Waals surface area contributed by atoms with Crippen molar-refractivity contribution in [1.82, 2.24) is 0 Å². The summed E-state index contributed by atoms with van der Waals surface area (Å²) in [5.74, 6) is 0.299. The third-order valence-electron chi connectivity index (χ3n) is 5.77. The Hall–Kier alpha value is -5.30. The van der Waals surface area contributed by atoms with Gasteiger partial charge in [-0.1, -0.05) is 42.5 Å². The average molecular weight is 559 g/mol. The predicted octanol–water partition coefficient (Wildman–Crippen LogP) is 4.94. The Morgan fingerprint density at radius 2 is 0.900 bits per heavy atom. The normalized spacial score (nSPS) is 10.5. The smallest absolute Gasteiger partial charge is 0.276 e. The van der Waals surface area contributed by atoms with Crippen LogP contribution in [0.15, 0.2) is 84.9 Å². The van der Waals surface area contributed by atoms with Crippen molar-refractivity contribution in [3.05, 3.63) is 132 Å². The Morgan fingerprint density at radius 1 is 0.525 bits per heavy atom. The molecule has 0 saturated heterocycles. The number of nitro benzene ring substituents is 3. The van der Waals surface area contributed by atoms with Gasteiger partial charge in [-0.2, -0.15) is 0 Å². The maximum atomic E-state index is 11.5. The molecule has 4 aromatic carbocycles. The highest BCUT2D eigenvalue weighted by molar-refractivity contribution is 6.34. The van der Waals surface area contributed by atoms with E-state index < -0.39 is 14.8 Å². The van der Waals surface area contributed by atoms with Crippen molar-refractivity contribution in [3.63, 3.8) is 0 Å². The van der Waals surface area contributed by atoms with Crippen molar-refractivity contribution < 1.29 is 29.0 Å². The van der Waals surface area contributed by atoms with Crippen molar-refractivity contribution in [2.75, 3.05) is 0 Å². The maximum Gasteiger partial charge on any atom is 0.276 e. The van der Waals surface area contributed by atoms with Crippen molar-refractivity contribution in [2.24, 2.45) is 0 Å². The van der Waals surface area contributed by atoms with E-state index in [-0.39, 0.29) is 59.7 Å². The quantitative estimate of drug-likeness (QED) is 0.133. The molecule has 0 aliphatic carbocycles. The lowest BCUT2D eigenvalue weighted by Gasteiger charge is -2.19. The zero-order chi connectivity index (χ0) is 28.6. The van der Waals surface area contributed by atoms with Crippen LogP contribution < -0.4 is 19.4 Å². The lowest BCUT2D eigenvalue weighted by molar-refractivity contribution is -0.386. The van der Waals surface area contributed by atoms with E-state index in [0.29, 0.717) is 16.3 Å². The van der Waals surface area contributed by atoms with Crippen LogP contribution in [0.3, 0.4) is 0 Å². The average Bonchev–Trinajstić information content (AvgIpc) is 2.95. The highest BCUT2D eigenvalue weighted by atomic mass is 28.1. The number of hydrogen-bond acceptors (Lipinski definition) is 9. The number of nitro groups is 3. The highest BCUT2D eigenvalue weighted by Gasteiger charge is 2.22. The number of ether oxygens (including phenoxy) is 3. The number of rotatable bonds is 12. The van der Waals surface area contributed by atoms with Gasteiger partial charge in [-0.15, -0.1) is 0 Å². The molecule has 12 nitrogen and oxygen atoms in total. The molecule has 0 spiro atoms. The first-order chi connectivity index (χ1) is 19.3. The van der Waals surface area contributed by atoms with E-state index in [2.05, 4.69) is 10.2 Å². The fourth-order valence-electron chi connectivity index (χ4n) is 3.83. The SMILES string of the molecule is O=[N+]([O-])c1ccccc1COc1ccc([Si])c(OCc2ccccc2[N+](=O)[O-])c1OCc1ccccc1[N+](=O)[O-]. The summed E-state index contributed by atoms with van der Waals surface area (Å²) in [5.41, 5.74) is 0.470. The molecule has 4 aromatic rings. The maximum absolute atomic E-state index is 11.5. The lowest BCUT2D eigenvalue weighted by atomic mass is 10.2. The fourth-order valence-corrected chi connectivity index (χ4v) is 4.10. The van der Waals surface area contributed by atoms with Crippen molar-refractivity contribution in [3.8, 4) is 17.2 Å². The third-order valence-corrected chi connectivity index (χ3v) is 6.16. The molecule has 201 valence electrons. The molecule has 0 atom stereocenters. The first kappa shape index (κ1) is 27.7. The van der Waals surface area contributed by atoms with Crippen LogP contribution in [0.5, 0.6) is 17.2 Å². The molecule has 3 radical (unpaired) electrons. The molecular formula is C27H20N3O9Si. The van der Waals surface area contributed by atoms with Gasteiger partial charge in [0.15, 0.2) is 11.5 Å². The van der Waals surface area contributed by atoms with Gasteiger partial charge in [-0.05, 0) is 29.5 Å². The molecule has 0 fully saturated rings. The molecule has 13 heteroatoms. The molecule has 0 heterocycles. The van der Waals surface area contributed by atoms with E-state index in [1.54, 1.807) is 42.5 Å². The Balaban J connectivity index is 1.69. The van der Waals surface area contributed by atoms with E-state index in [1.165, 1.54) is 42.5 Å². The zero-order valence-corrected chi connectivity index (χ0v) is 21.7. The van der Waals surface area contributed by atoms with Gasteiger partial charge in [0, 0.05) is 18.2 Å². The van der Waals surface area contributed by atoms with Gasteiger partial charge in [0.1, 0.15) is 19.8 Å². The number of hydrogen-bond donors (Lipinski definition) is 0. The molecule has 0 saturated carbocycles. The second kappa shape index (κ2) is 12.5. The van der Waals surface area contributed by atoms with E-state index in [9.17, 15) is 30.3 Å². The fraction of sp³-hybridized carbons (Fsp3) is 0.111. The molecule has 0 amide bonds. The summed E-state index contributed by atoms with van der Waals surface area (Å²) in [6.45, 7) is -0.635. The van der Waals surface area contributed by atoms with Gasteiger partial charge in [-0.3, -0.25) is 30.3 Å². The summed E-state index contributed by atoms with van der Waals surface area (Å²) in [5, 5.41) is 34.8. The van der Waals surface area contributed by atoms with E-state index in [1.807, 2.05) is 0 Å². The van der Waals surface area contributed by atoms with Crippen LogP contribution in [-0.2, 0) is 19.8 Å². The molecule has 0 unspecified atom stereocenters. The summed E-state index contributed by atoms with van der Waals surface area (Å²) in [4.78, 5) is 32.8. The van der Waals surface area contributed by atoms with Gasteiger partial charge >= 0.3 is 0 Å². The molecule has 4 rings (SSSR count). The predicted molar refractivity (Wildman–Crippen MR) is 144 cm³/mol.